The van der Waals surface area contributed by atoms with Crippen molar-refractivity contribution in [1.82, 2.24) is 14.5 Å². The monoisotopic (exact) mass is 344 g/mol. The molecule has 0 bridgehead atoms. The van der Waals surface area contributed by atoms with Gasteiger partial charge >= 0.3 is 0 Å². The van der Waals surface area contributed by atoms with Crippen LogP contribution in [0.1, 0.15) is 16.8 Å². The Hall–Kier alpha value is -2.98. The van der Waals surface area contributed by atoms with Crippen LogP contribution in [0, 0.1) is 0 Å². The first-order valence-corrected chi connectivity index (χ1v) is 8.40. The zero-order chi connectivity index (χ0) is 16.8. The molecule has 0 fully saturated rings. The number of benzene rings is 2. The van der Waals surface area contributed by atoms with Gasteiger partial charge in [-0.3, -0.25) is 15.0 Å². The third kappa shape index (κ3) is 2.26. The number of rotatable bonds is 1. The molecule has 0 spiro atoms. The first-order chi connectivity index (χ1) is 12.3. The second-order valence-electron chi connectivity index (χ2n) is 5.93. The maximum atomic E-state index is 6.42. The molecule has 120 valence electrons. The van der Waals surface area contributed by atoms with E-state index >= 15 is 0 Å². The predicted molar refractivity (Wildman–Crippen MR) is 99.7 cm³/mol. The van der Waals surface area contributed by atoms with Crippen molar-refractivity contribution < 1.29 is 0 Å². The number of hydrogen-bond donors (Lipinski definition) is 0. The van der Waals surface area contributed by atoms with Crippen LogP contribution in [0.4, 0.5) is 0 Å². The van der Waals surface area contributed by atoms with Gasteiger partial charge in [-0.25, -0.2) is 0 Å². The average Bonchev–Trinajstić information content (AvgIpc) is 3.06. The molecular formula is C20H13ClN4. The van der Waals surface area contributed by atoms with Gasteiger partial charge in [-0.1, -0.05) is 23.7 Å². The highest BCUT2D eigenvalue weighted by molar-refractivity contribution is 6.31. The van der Waals surface area contributed by atoms with E-state index in [1.54, 1.807) is 12.4 Å². The largest absolute Gasteiger partial charge is 0.315 e. The van der Waals surface area contributed by atoms with Crippen molar-refractivity contribution in [3.8, 4) is 5.69 Å². The Morgan fingerprint density at radius 3 is 2.72 bits per heavy atom. The number of aromatic nitrogens is 3. The standard InChI is InChI=1S/C20H13ClN4/c21-15-3-1-4-18-14(15)12-24-20(19-5-2-10-25(18)19)13-6-7-16-17(11-13)23-9-8-22-16/h1-11H,12H2. The molecule has 4 aromatic rings. The number of hydrogen-bond acceptors (Lipinski definition) is 3. The first-order valence-electron chi connectivity index (χ1n) is 8.02. The molecule has 25 heavy (non-hydrogen) atoms. The SMILES string of the molecule is Clc1cccc2c1CN=C(c1ccc3nccnc3c1)c1cccn1-2. The molecule has 0 amide bonds. The van der Waals surface area contributed by atoms with Crippen LogP contribution in [0.2, 0.25) is 5.02 Å². The van der Waals surface area contributed by atoms with E-state index in [2.05, 4.69) is 26.7 Å². The summed E-state index contributed by atoms with van der Waals surface area (Å²) < 4.78 is 2.15. The van der Waals surface area contributed by atoms with E-state index in [0.717, 1.165) is 44.3 Å². The Morgan fingerprint density at radius 1 is 0.920 bits per heavy atom. The molecule has 0 atom stereocenters. The quantitative estimate of drug-likeness (QED) is 0.513. The van der Waals surface area contributed by atoms with E-state index < -0.39 is 0 Å². The van der Waals surface area contributed by atoms with Crippen molar-refractivity contribution in [3.05, 3.63) is 89.0 Å². The molecular weight excluding hydrogens is 332 g/mol. The minimum atomic E-state index is 0.546. The van der Waals surface area contributed by atoms with Crippen molar-refractivity contribution in [2.75, 3.05) is 0 Å². The highest BCUT2D eigenvalue weighted by Gasteiger charge is 2.19. The molecule has 2 aromatic carbocycles. The third-order valence-corrected chi connectivity index (χ3v) is 4.84. The number of halogens is 1. The van der Waals surface area contributed by atoms with E-state index in [1.165, 1.54) is 0 Å². The Bertz CT molecular complexity index is 1140. The molecule has 0 unspecified atom stereocenters. The van der Waals surface area contributed by atoms with E-state index in [1.807, 2.05) is 42.6 Å². The Morgan fingerprint density at radius 2 is 1.80 bits per heavy atom. The topological polar surface area (TPSA) is 43.1 Å². The zero-order valence-electron chi connectivity index (χ0n) is 13.2. The van der Waals surface area contributed by atoms with Gasteiger partial charge in [0.25, 0.3) is 0 Å². The Kier molecular flexibility index (Phi) is 3.18. The Labute approximate surface area is 149 Å². The summed E-state index contributed by atoms with van der Waals surface area (Å²) in [5.41, 5.74) is 6.86. The zero-order valence-corrected chi connectivity index (χ0v) is 14.0. The van der Waals surface area contributed by atoms with E-state index in [-0.39, 0.29) is 0 Å². The Balaban J connectivity index is 1.73. The minimum Gasteiger partial charge on any atom is -0.315 e. The molecule has 0 saturated heterocycles. The summed E-state index contributed by atoms with van der Waals surface area (Å²) in [6.07, 6.45) is 5.46. The van der Waals surface area contributed by atoms with Gasteiger partial charge in [0.2, 0.25) is 0 Å². The van der Waals surface area contributed by atoms with Crippen LogP contribution in [-0.2, 0) is 6.54 Å². The minimum absolute atomic E-state index is 0.546. The highest BCUT2D eigenvalue weighted by atomic mass is 35.5. The summed E-state index contributed by atoms with van der Waals surface area (Å²) in [5, 5.41) is 0.742. The van der Waals surface area contributed by atoms with Crippen LogP contribution < -0.4 is 0 Å². The summed E-state index contributed by atoms with van der Waals surface area (Å²) in [5.74, 6) is 0. The molecule has 0 aliphatic carbocycles. The molecule has 1 aliphatic rings. The van der Waals surface area contributed by atoms with Crippen molar-refractivity contribution >= 4 is 28.3 Å². The highest BCUT2D eigenvalue weighted by Crippen LogP contribution is 2.30. The van der Waals surface area contributed by atoms with Crippen LogP contribution in [0.15, 0.2) is 72.1 Å². The summed E-state index contributed by atoms with van der Waals surface area (Å²) in [4.78, 5) is 13.6. The molecule has 0 radical (unpaired) electrons. The lowest BCUT2D eigenvalue weighted by Gasteiger charge is -2.11. The van der Waals surface area contributed by atoms with Crippen LogP contribution >= 0.6 is 11.6 Å². The second kappa shape index (κ2) is 5.53. The lowest BCUT2D eigenvalue weighted by molar-refractivity contribution is 1.02. The molecule has 2 aromatic heterocycles. The maximum Gasteiger partial charge on any atom is 0.0893 e. The third-order valence-electron chi connectivity index (χ3n) is 4.48. The fraction of sp³-hybridized carbons (Fsp3) is 0.0500. The van der Waals surface area contributed by atoms with E-state index in [0.29, 0.717) is 6.54 Å². The van der Waals surface area contributed by atoms with Gasteiger partial charge in [-0.2, -0.15) is 0 Å². The summed E-state index contributed by atoms with van der Waals surface area (Å²) >= 11 is 6.42. The lowest BCUT2D eigenvalue weighted by Crippen LogP contribution is -2.08. The molecule has 4 nitrogen and oxygen atoms in total. The van der Waals surface area contributed by atoms with Gasteiger partial charge in [-0.15, -0.1) is 0 Å². The molecule has 0 saturated carbocycles. The van der Waals surface area contributed by atoms with Crippen molar-refractivity contribution in [1.29, 1.82) is 0 Å². The fourth-order valence-electron chi connectivity index (χ4n) is 3.30. The summed E-state index contributed by atoms with van der Waals surface area (Å²) in [6, 6.07) is 16.1. The van der Waals surface area contributed by atoms with E-state index in [4.69, 9.17) is 16.6 Å². The van der Waals surface area contributed by atoms with Crippen LogP contribution in [-0.4, -0.2) is 20.2 Å². The molecule has 3 heterocycles. The van der Waals surface area contributed by atoms with E-state index in [9.17, 15) is 0 Å². The lowest BCUT2D eigenvalue weighted by atomic mass is 10.1. The molecule has 0 N–H and O–H groups in total. The molecule has 5 heteroatoms. The second-order valence-corrected chi connectivity index (χ2v) is 6.33. The van der Waals surface area contributed by atoms with Crippen molar-refractivity contribution in [2.24, 2.45) is 4.99 Å². The van der Waals surface area contributed by atoms with Gasteiger partial charge in [0, 0.05) is 34.7 Å². The van der Waals surface area contributed by atoms with Gasteiger partial charge < -0.3 is 4.57 Å². The summed E-state index contributed by atoms with van der Waals surface area (Å²) in [7, 11) is 0. The van der Waals surface area contributed by atoms with Crippen LogP contribution in [0.3, 0.4) is 0 Å². The fourth-order valence-corrected chi connectivity index (χ4v) is 3.53. The normalized spacial score (nSPS) is 13.1. The maximum absolute atomic E-state index is 6.42. The van der Waals surface area contributed by atoms with Gasteiger partial charge in [-0.05, 0) is 36.4 Å². The van der Waals surface area contributed by atoms with Gasteiger partial charge in [0.15, 0.2) is 0 Å². The van der Waals surface area contributed by atoms with Crippen molar-refractivity contribution in [2.45, 2.75) is 6.54 Å². The number of fused-ring (bicyclic) bond motifs is 4. The van der Waals surface area contributed by atoms with Crippen LogP contribution in [0.5, 0.6) is 0 Å². The number of aliphatic imine (C=N–C) groups is 1. The van der Waals surface area contributed by atoms with Crippen molar-refractivity contribution in [3.63, 3.8) is 0 Å². The molecule has 1 aliphatic heterocycles. The first kappa shape index (κ1) is 14.4. The summed E-state index contributed by atoms with van der Waals surface area (Å²) in [6.45, 7) is 0.546. The molecule has 5 rings (SSSR count). The van der Waals surface area contributed by atoms with Crippen LogP contribution in [0.25, 0.3) is 16.7 Å². The smallest absolute Gasteiger partial charge is 0.0893 e. The van der Waals surface area contributed by atoms with Gasteiger partial charge in [0.1, 0.15) is 0 Å². The average molecular weight is 345 g/mol. The number of nitrogens with zero attached hydrogens (tertiary/aromatic N) is 4. The van der Waals surface area contributed by atoms with Gasteiger partial charge in [0.05, 0.1) is 34.7 Å². The predicted octanol–water partition coefficient (Wildman–Crippen LogP) is 4.42.